The summed E-state index contributed by atoms with van der Waals surface area (Å²) in [6, 6.07) is 0.0465. The number of methoxy groups -OCH3 is 1. The fourth-order valence-electron chi connectivity index (χ4n) is 6.39. The zero-order chi connectivity index (χ0) is 14.8. The maximum absolute atomic E-state index is 6.83. The second kappa shape index (κ2) is 4.25. The number of hydrogen-bond donors (Lipinski definition) is 1. The van der Waals surface area contributed by atoms with E-state index in [0.29, 0.717) is 5.41 Å². The van der Waals surface area contributed by atoms with E-state index < -0.39 is 0 Å². The Hall–Kier alpha value is -1.03. The van der Waals surface area contributed by atoms with E-state index in [0.717, 1.165) is 23.3 Å². The topological polar surface area (TPSA) is 53.1 Å². The van der Waals surface area contributed by atoms with Gasteiger partial charge in [-0.3, -0.25) is 4.68 Å². The van der Waals surface area contributed by atoms with Crippen molar-refractivity contribution in [2.75, 3.05) is 7.11 Å². The van der Waals surface area contributed by atoms with Crippen LogP contribution in [0.15, 0.2) is 6.20 Å². The quantitative estimate of drug-likeness (QED) is 0.930. The first-order valence-electron chi connectivity index (χ1n) is 8.26. The van der Waals surface area contributed by atoms with Gasteiger partial charge < -0.3 is 10.5 Å². The Labute approximate surface area is 127 Å². The molecule has 5 rings (SSSR count). The minimum Gasteiger partial charge on any atom is -0.493 e. The molecule has 0 radical (unpaired) electrons. The molecular weight excluding hydrogens is 262 g/mol. The average molecular weight is 289 g/mol. The van der Waals surface area contributed by atoms with Crippen molar-refractivity contribution in [2.45, 2.75) is 51.5 Å². The molecule has 4 heteroatoms. The van der Waals surface area contributed by atoms with E-state index in [9.17, 15) is 0 Å². The van der Waals surface area contributed by atoms with Crippen LogP contribution in [0, 0.1) is 22.7 Å². The summed E-state index contributed by atoms with van der Waals surface area (Å²) in [6.07, 6.45) is 9.96. The second-order valence-electron chi connectivity index (χ2n) is 8.33. The molecule has 21 heavy (non-hydrogen) atoms. The highest BCUT2D eigenvalue weighted by atomic mass is 16.5. The zero-order valence-electron chi connectivity index (χ0n) is 13.4. The van der Waals surface area contributed by atoms with Crippen molar-refractivity contribution in [3.63, 3.8) is 0 Å². The van der Waals surface area contributed by atoms with Gasteiger partial charge in [0.1, 0.15) is 0 Å². The molecule has 4 nitrogen and oxygen atoms in total. The fourth-order valence-corrected chi connectivity index (χ4v) is 6.39. The molecule has 0 amide bonds. The maximum Gasteiger partial charge on any atom is 0.161 e. The molecule has 4 fully saturated rings. The van der Waals surface area contributed by atoms with Gasteiger partial charge in [-0.15, -0.1) is 0 Å². The van der Waals surface area contributed by atoms with Crippen LogP contribution in [0.5, 0.6) is 5.75 Å². The Kier molecular flexibility index (Phi) is 2.76. The van der Waals surface area contributed by atoms with Crippen LogP contribution in [0.3, 0.4) is 0 Å². The average Bonchev–Trinajstić information content (AvgIpc) is 2.76. The zero-order valence-corrected chi connectivity index (χ0v) is 13.4. The summed E-state index contributed by atoms with van der Waals surface area (Å²) in [7, 11) is 3.70. The largest absolute Gasteiger partial charge is 0.493 e. The van der Waals surface area contributed by atoms with E-state index in [-0.39, 0.29) is 11.5 Å². The third kappa shape index (κ3) is 1.88. The molecule has 116 valence electrons. The summed E-state index contributed by atoms with van der Waals surface area (Å²) in [5, 5.41) is 4.37. The Morgan fingerprint density at radius 2 is 2.00 bits per heavy atom. The van der Waals surface area contributed by atoms with Crippen molar-refractivity contribution < 1.29 is 4.74 Å². The molecule has 4 saturated carbocycles. The van der Waals surface area contributed by atoms with Gasteiger partial charge in [0, 0.05) is 7.05 Å². The lowest BCUT2D eigenvalue weighted by atomic mass is 9.43. The van der Waals surface area contributed by atoms with Crippen molar-refractivity contribution >= 4 is 0 Å². The highest BCUT2D eigenvalue weighted by Crippen LogP contribution is 2.68. The molecule has 0 saturated heterocycles. The monoisotopic (exact) mass is 289 g/mol. The molecule has 3 atom stereocenters. The van der Waals surface area contributed by atoms with E-state index in [4.69, 9.17) is 10.5 Å². The molecule has 0 aliphatic heterocycles. The predicted molar refractivity (Wildman–Crippen MR) is 81.9 cm³/mol. The van der Waals surface area contributed by atoms with Crippen molar-refractivity contribution in [2.24, 2.45) is 35.4 Å². The minimum atomic E-state index is 0.0465. The van der Waals surface area contributed by atoms with Gasteiger partial charge in [0.25, 0.3) is 0 Å². The molecule has 0 spiro atoms. The Balaban J connectivity index is 1.73. The summed E-state index contributed by atoms with van der Waals surface area (Å²) in [5.74, 6) is 2.63. The Morgan fingerprint density at radius 1 is 1.33 bits per heavy atom. The fraction of sp³-hybridized carbons (Fsp3) is 0.824. The van der Waals surface area contributed by atoms with Crippen molar-refractivity contribution in [3.05, 3.63) is 11.9 Å². The smallest absolute Gasteiger partial charge is 0.161 e. The highest BCUT2D eigenvalue weighted by Gasteiger charge is 2.58. The number of hydrogen-bond acceptors (Lipinski definition) is 3. The van der Waals surface area contributed by atoms with Crippen LogP contribution >= 0.6 is 0 Å². The summed E-state index contributed by atoms with van der Waals surface area (Å²) < 4.78 is 7.43. The van der Waals surface area contributed by atoms with Crippen LogP contribution in [-0.4, -0.2) is 16.9 Å². The highest BCUT2D eigenvalue weighted by molar-refractivity contribution is 5.31. The molecule has 1 heterocycles. The van der Waals surface area contributed by atoms with Gasteiger partial charge in [-0.25, -0.2) is 0 Å². The van der Waals surface area contributed by atoms with Gasteiger partial charge in [-0.05, 0) is 61.2 Å². The van der Waals surface area contributed by atoms with Gasteiger partial charge in [-0.1, -0.05) is 6.92 Å². The molecule has 2 N–H and O–H groups in total. The first-order chi connectivity index (χ1) is 9.95. The SMILES string of the molecule is COc1cnn(C)c1C(N)C12CC3CC(CC(C)(C3)C1)C2. The number of nitrogens with zero attached hydrogens (tertiary/aromatic N) is 2. The molecule has 3 unspecified atom stereocenters. The summed E-state index contributed by atoms with van der Waals surface area (Å²) in [5.41, 5.74) is 8.71. The number of aryl methyl sites for hydroxylation is 1. The summed E-state index contributed by atoms with van der Waals surface area (Å²) in [6.45, 7) is 2.49. The van der Waals surface area contributed by atoms with Crippen LogP contribution in [0.4, 0.5) is 0 Å². The molecule has 1 aromatic heterocycles. The van der Waals surface area contributed by atoms with E-state index in [2.05, 4.69) is 12.0 Å². The van der Waals surface area contributed by atoms with Crippen LogP contribution in [-0.2, 0) is 7.05 Å². The Morgan fingerprint density at radius 3 is 2.57 bits per heavy atom. The van der Waals surface area contributed by atoms with Crippen LogP contribution in [0.25, 0.3) is 0 Å². The third-order valence-corrected chi connectivity index (χ3v) is 6.52. The van der Waals surface area contributed by atoms with E-state index in [1.807, 2.05) is 11.7 Å². The maximum atomic E-state index is 6.83. The number of rotatable bonds is 3. The van der Waals surface area contributed by atoms with Gasteiger partial charge in [0.05, 0.1) is 25.0 Å². The van der Waals surface area contributed by atoms with E-state index in [1.165, 1.54) is 38.5 Å². The van der Waals surface area contributed by atoms with E-state index in [1.54, 1.807) is 13.3 Å². The lowest BCUT2D eigenvalue weighted by Crippen LogP contribution is -2.54. The Bertz CT molecular complexity index is 550. The summed E-state index contributed by atoms with van der Waals surface area (Å²) >= 11 is 0. The molecule has 1 aromatic rings. The van der Waals surface area contributed by atoms with Crippen molar-refractivity contribution in [1.82, 2.24) is 9.78 Å². The van der Waals surface area contributed by atoms with Gasteiger partial charge in [0.15, 0.2) is 5.75 Å². The van der Waals surface area contributed by atoms with Gasteiger partial charge >= 0.3 is 0 Å². The van der Waals surface area contributed by atoms with Crippen molar-refractivity contribution in [1.29, 1.82) is 0 Å². The summed E-state index contributed by atoms with van der Waals surface area (Å²) in [4.78, 5) is 0. The van der Waals surface area contributed by atoms with Crippen LogP contribution < -0.4 is 10.5 Å². The first kappa shape index (κ1) is 13.6. The lowest BCUT2D eigenvalue weighted by Gasteiger charge is -2.63. The molecular formula is C17H27N3O. The first-order valence-corrected chi connectivity index (χ1v) is 8.26. The van der Waals surface area contributed by atoms with Crippen LogP contribution in [0.1, 0.15) is 57.2 Å². The molecule has 4 bridgehead atoms. The molecule has 4 aliphatic carbocycles. The van der Waals surface area contributed by atoms with Gasteiger partial charge in [0.2, 0.25) is 0 Å². The number of ether oxygens (including phenoxy) is 1. The van der Waals surface area contributed by atoms with Gasteiger partial charge in [-0.2, -0.15) is 5.10 Å². The van der Waals surface area contributed by atoms with Crippen LogP contribution in [0.2, 0.25) is 0 Å². The number of aromatic nitrogens is 2. The minimum absolute atomic E-state index is 0.0465. The normalized spacial score (nSPS) is 42.3. The third-order valence-electron chi connectivity index (χ3n) is 6.52. The van der Waals surface area contributed by atoms with E-state index >= 15 is 0 Å². The number of nitrogens with two attached hydrogens (primary N) is 1. The lowest BCUT2D eigenvalue weighted by molar-refractivity contribution is -0.114. The van der Waals surface area contributed by atoms with Crippen molar-refractivity contribution in [3.8, 4) is 5.75 Å². The standard InChI is InChI=1S/C17H27N3O/c1-16-5-11-4-12(6-16)8-17(7-11,10-16)15(18)14-13(21-3)9-19-20(14)2/h9,11-12,15H,4-8,10,18H2,1-3H3. The second-order valence-corrected chi connectivity index (χ2v) is 8.33. The molecule has 0 aromatic carbocycles. The molecule has 4 aliphatic rings. The predicted octanol–water partition coefficient (Wildman–Crippen LogP) is 3.04.